The molecule has 0 bridgehead atoms. The van der Waals surface area contributed by atoms with E-state index < -0.39 is 50.2 Å². The van der Waals surface area contributed by atoms with E-state index in [4.69, 9.17) is 25.8 Å². The van der Waals surface area contributed by atoms with Crippen molar-refractivity contribution in [2.75, 3.05) is 25.1 Å². The zero-order valence-corrected chi connectivity index (χ0v) is 25.5. The van der Waals surface area contributed by atoms with Crippen LogP contribution in [0.25, 0.3) is 0 Å². The van der Waals surface area contributed by atoms with Crippen LogP contribution in [0.1, 0.15) is 29.5 Å². The maximum atomic E-state index is 14.8. The number of halogens is 4. The second kappa shape index (κ2) is 11.4. The molecule has 2 heterocycles. The van der Waals surface area contributed by atoms with E-state index in [1.165, 1.54) is 31.4 Å². The lowest BCUT2D eigenvalue weighted by Crippen LogP contribution is -2.54. The van der Waals surface area contributed by atoms with Crippen molar-refractivity contribution in [3.05, 3.63) is 76.3 Å². The molecule has 3 aromatic carbocycles. The molecule has 0 spiro atoms. The van der Waals surface area contributed by atoms with E-state index in [9.17, 15) is 36.3 Å². The molecule has 2 atom stereocenters. The second-order valence-electron chi connectivity index (χ2n) is 10.3. The number of nitrogens with one attached hydrogen (secondary N) is 1. The van der Waals surface area contributed by atoms with E-state index in [0.29, 0.717) is 18.1 Å². The summed E-state index contributed by atoms with van der Waals surface area (Å²) in [5, 5.41) is 13.6. The van der Waals surface area contributed by atoms with Crippen LogP contribution in [-0.4, -0.2) is 58.3 Å². The van der Waals surface area contributed by atoms with Gasteiger partial charge in [0.25, 0.3) is 15.9 Å². The number of hydrogen-bond donors (Lipinski definition) is 2. The first-order valence-corrected chi connectivity index (χ1v) is 15.1. The molecular formula is C29H26ClF3N2O9S. The van der Waals surface area contributed by atoms with Gasteiger partial charge >= 0.3 is 12.3 Å². The lowest BCUT2D eigenvalue weighted by molar-refractivity contribution is -0.275. The highest BCUT2D eigenvalue weighted by Crippen LogP contribution is 2.53. The maximum Gasteiger partial charge on any atom is 0.573 e. The number of hydrogen-bond acceptors (Lipinski definition) is 10. The number of benzene rings is 3. The third-order valence-electron chi connectivity index (χ3n) is 7.39. The summed E-state index contributed by atoms with van der Waals surface area (Å²) >= 11 is 6.32. The number of aliphatic hydroxyl groups is 1. The molecule has 1 saturated heterocycles. The lowest BCUT2D eigenvalue weighted by atomic mass is 9.85. The van der Waals surface area contributed by atoms with E-state index in [1.54, 1.807) is 13.0 Å². The van der Waals surface area contributed by atoms with Crippen molar-refractivity contribution < 1.29 is 55.2 Å². The fourth-order valence-electron chi connectivity index (χ4n) is 5.34. The fraction of sp³-hybridized carbons (Fsp3) is 0.310. The standard InChI is InChI=1S/C29H26ClF3N2O9S/c1-16-5-9-22(42-3)20(13-16)28(44-26(37)27(38)11-4-12-34-27)19-14-17(30)6-8-21(19)35(25(28)36)45(39,40)24-10-7-18(41-2)15-23(24)43-29(31,32)33/h5-10,13-15,34,38H,4,11-12H2,1-3H3/t27-,28?/m1/s1. The van der Waals surface area contributed by atoms with Gasteiger partial charge in [0, 0.05) is 23.1 Å². The summed E-state index contributed by atoms with van der Waals surface area (Å²) in [7, 11) is -2.86. The van der Waals surface area contributed by atoms with Crippen LogP contribution in [-0.2, 0) is 30.0 Å². The number of esters is 1. The van der Waals surface area contributed by atoms with Gasteiger partial charge < -0.3 is 24.1 Å². The minimum atomic E-state index is -5.32. The number of sulfonamides is 1. The Balaban J connectivity index is 1.80. The molecule has 16 heteroatoms. The Labute approximate surface area is 260 Å². The first-order chi connectivity index (χ1) is 21.1. The van der Waals surface area contributed by atoms with Gasteiger partial charge in [0.05, 0.1) is 25.5 Å². The Morgan fingerprint density at radius 3 is 2.38 bits per heavy atom. The van der Waals surface area contributed by atoms with Crippen molar-refractivity contribution in [2.45, 2.75) is 42.3 Å². The van der Waals surface area contributed by atoms with E-state index in [0.717, 1.165) is 25.3 Å². The van der Waals surface area contributed by atoms with Gasteiger partial charge in [-0.15, -0.1) is 13.2 Å². The van der Waals surface area contributed by atoms with Gasteiger partial charge in [-0.2, -0.15) is 4.31 Å². The molecule has 0 saturated carbocycles. The van der Waals surface area contributed by atoms with Crippen LogP contribution >= 0.6 is 11.6 Å². The van der Waals surface area contributed by atoms with Crippen molar-refractivity contribution in [1.29, 1.82) is 0 Å². The van der Waals surface area contributed by atoms with E-state index in [-0.39, 0.29) is 50.6 Å². The number of nitrogens with zero attached hydrogens (tertiary/aromatic N) is 1. The molecule has 2 N–H and O–H groups in total. The predicted octanol–water partition coefficient (Wildman–Crippen LogP) is 4.16. The molecule has 1 unspecified atom stereocenters. The van der Waals surface area contributed by atoms with Crippen molar-refractivity contribution in [2.24, 2.45) is 0 Å². The number of rotatable bonds is 8. The minimum absolute atomic E-state index is 0.00362. The van der Waals surface area contributed by atoms with E-state index >= 15 is 0 Å². The van der Waals surface area contributed by atoms with Crippen molar-refractivity contribution in [3.8, 4) is 17.2 Å². The summed E-state index contributed by atoms with van der Waals surface area (Å²) in [6.45, 7) is 1.89. The van der Waals surface area contributed by atoms with Crippen molar-refractivity contribution in [3.63, 3.8) is 0 Å². The Kier molecular flexibility index (Phi) is 8.19. The molecule has 1 amide bonds. The number of ether oxygens (including phenoxy) is 4. The number of carbonyl (C=O) groups excluding carboxylic acids is 2. The first kappa shape index (κ1) is 32.3. The lowest BCUT2D eigenvalue weighted by Gasteiger charge is -2.33. The van der Waals surface area contributed by atoms with Crippen LogP contribution < -0.4 is 23.8 Å². The normalized spacial score (nSPS) is 21.4. The van der Waals surface area contributed by atoms with Crippen LogP contribution in [0, 0.1) is 6.92 Å². The minimum Gasteiger partial charge on any atom is -0.497 e. The molecule has 45 heavy (non-hydrogen) atoms. The number of amides is 1. The zero-order valence-electron chi connectivity index (χ0n) is 23.9. The molecule has 0 radical (unpaired) electrons. The summed E-state index contributed by atoms with van der Waals surface area (Å²) in [6.07, 6.45) is -5.03. The van der Waals surface area contributed by atoms with Gasteiger partial charge in [0.2, 0.25) is 11.3 Å². The van der Waals surface area contributed by atoms with Gasteiger partial charge in [-0.3, -0.25) is 10.1 Å². The number of carbonyl (C=O) groups is 2. The summed E-state index contributed by atoms with van der Waals surface area (Å²) in [4.78, 5) is 27.3. The summed E-state index contributed by atoms with van der Waals surface area (Å²) < 4.78 is 89.4. The highest BCUT2D eigenvalue weighted by molar-refractivity contribution is 7.93. The molecule has 3 aromatic rings. The topological polar surface area (TPSA) is 141 Å². The average molecular weight is 671 g/mol. The Hall–Kier alpha value is -4.05. The first-order valence-electron chi connectivity index (χ1n) is 13.3. The fourth-order valence-corrected chi connectivity index (χ4v) is 7.07. The number of fused-ring (bicyclic) bond motifs is 1. The van der Waals surface area contributed by atoms with Gasteiger partial charge in [-0.1, -0.05) is 23.2 Å². The molecule has 1 fully saturated rings. The summed E-state index contributed by atoms with van der Waals surface area (Å²) in [5.74, 6) is -4.10. The third-order valence-corrected chi connectivity index (χ3v) is 9.36. The Bertz CT molecular complexity index is 1800. The van der Waals surface area contributed by atoms with Crippen LogP contribution in [0.4, 0.5) is 18.9 Å². The van der Waals surface area contributed by atoms with Crippen LogP contribution in [0.15, 0.2) is 59.5 Å². The largest absolute Gasteiger partial charge is 0.573 e. The number of aryl methyl sites for hydroxylation is 1. The smallest absolute Gasteiger partial charge is 0.497 e. The highest BCUT2D eigenvalue weighted by Gasteiger charge is 2.62. The maximum absolute atomic E-state index is 14.8. The number of alkyl halides is 3. The van der Waals surface area contributed by atoms with Crippen LogP contribution in [0.2, 0.25) is 5.02 Å². The number of methoxy groups -OCH3 is 2. The van der Waals surface area contributed by atoms with Gasteiger partial charge in [0.1, 0.15) is 16.4 Å². The molecule has 2 aliphatic heterocycles. The van der Waals surface area contributed by atoms with E-state index in [1.807, 2.05) is 0 Å². The second-order valence-corrected chi connectivity index (χ2v) is 12.5. The SMILES string of the molecule is COc1ccc(S(=O)(=O)N2C(=O)C(OC(=O)[C@]3(O)CCCN3)(c3cc(C)ccc3OC)c3cc(Cl)ccc32)c(OC(F)(F)F)c1. The van der Waals surface area contributed by atoms with Gasteiger partial charge in [-0.05, 0) is 62.4 Å². The molecular weight excluding hydrogens is 645 g/mol. The average Bonchev–Trinajstić information content (AvgIpc) is 3.52. The van der Waals surface area contributed by atoms with Crippen molar-refractivity contribution in [1.82, 2.24) is 5.32 Å². The highest BCUT2D eigenvalue weighted by atomic mass is 35.5. The molecule has 0 aromatic heterocycles. The van der Waals surface area contributed by atoms with Gasteiger partial charge in [0.15, 0.2) is 5.75 Å². The van der Waals surface area contributed by atoms with Gasteiger partial charge in [-0.25, -0.2) is 13.2 Å². The quantitative estimate of drug-likeness (QED) is 0.336. The van der Waals surface area contributed by atoms with Crippen LogP contribution in [0.3, 0.4) is 0 Å². The predicted molar refractivity (Wildman–Crippen MR) is 153 cm³/mol. The summed E-state index contributed by atoms with van der Waals surface area (Å²) in [6, 6.07) is 10.6. The third kappa shape index (κ3) is 5.54. The molecule has 240 valence electrons. The number of anilines is 1. The van der Waals surface area contributed by atoms with Crippen molar-refractivity contribution >= 4 is 39.2 Å². The zero-order chi connectivity index (χ0) is 32.9. The molecule has 11 nitrogen and oxygen atoms in total. The Morgan fingerprint density at radius 2 is 1.76 bits per heavy atom. The van der Waals surface area contributed by atoms with E-state index in [2.05, 4.69) is 10.1 Å². The van der Waals surface area contributed by atoms with Crippen LogP contribution in [0.5, 0.6) is 17.2 Å². The monoisotopic (exact) mass is 670 g/mol. The molecule has 2 aliphatic rings. The summed E-state index contributed by atoms with van der Waals surface area (Å²) in [5.41, 5.74) is -5.13. The molecule has 0 aliphatic carbocycles. The Morgan fingerprint density at radius 1 is 1.02 bits per heavy atom. The molecule has 5 rings (SSSR count).